The molecule has 2 N–H and O–H groups in total. The van der Waals surface area contributed by atoms with Crippen LogP contribution < -0.4 is 5.73 Å². The van der Waals surface area contributed by atoms with Crippen LogP contribution in [0.4, 0.5) is 0 Å². The molecule has 0 aliphatic heterocycles. The summed E-state index contributed by atoms with van der Waals surface area (Å²) in [6, 6.07) is 0.301. The van der Waals surface area contributed by atoms with Crippen LogP contribution in [0.1, 0.15) is 26.2 Å². The highest BCUT2D eigenvalue weighted by atomic mass is 14.7. The van der Waals surface area contributed by atoms with Crippen molar-refractivity contribution in [2.75, 3.05) is 0 Å². The molecule has 1 fully saturated rings. The first-order valence-electron chi connectivity index (χ1n) is 3.69. The van der Waals surface area contributed by atoms with Crippen molar-refractivity contribution in [1.82, 2.24) is 0 Å². The molecule has 1 heteroatoms. The van der Waals surface area contributed by atoms with Gasteiger partial charge in [-0.2, -0.15) is 0 Å². The number of hydrogen-bond donors (Lipinski definition) is 1. The zero-order valence-electron chi connectivity index (χ0n) is 6.06. The maximum Gasteiger partial charge on any atom is 0.0279 e. The van der Waals surface area contributed by atoms with E-state index in [0.717, 1.165) is 12.3 Å². The Labute approximate surface area is 56.9 Å². The highest BCUT2D eigenvalue weighted by Crippen LogP contribution is 2.34. The van der Waals surface area contributed by atoms with Crippen LogP contribution in [0.15, 0.2) is 12.2 Å². The zero-order chi connectivity index (χ0) is 6.85. The van der Waals surface area contributed by atoms with Crippen molar-refractivity contribution in [3.63, 3.8) is 0 Å². The van der Waals surface area contributed by atoms with Gasteiger partial charge in [-0.05, 0) is 25.2 Å². The Morgan fingerprint density at radius 1 is 1.78 bits per heavy atom. The Kier molecular flexibility index (Phi) is 1.91. The Morgan fingerprint density at radius 3 is 2.67 bits per heavy atom. The monoisotopic (exact) mass is 125 g/mol. The van der Waals surface area contributed by atoms with E-state index in [1.807, 2.05) is 0 Å². The first-order chi connectivity index (χ1) is 4.25. The standard InChI is InChI=1S/C8H15N/c1-3-6(2)8(9)7-4-5-7/h7-8H,2-5,9H2,1H3/t8-/m0/s1. The quantitative estimate of drug-likeness (QED) is 0.571. The highest BCUT2D eigenvalue weighted by molar-refractivity contribution is 5.08. The summed E-state index contributed by atoms with van der Waals surface area (Å²) < 4.78 is 0. The molecule has 9 heavy (non-hydrogen) atoms. The predicted octanol–water partition coefficient (Wildman–Crippen LogP) is 1.69. The van der Waals surface area contributed by atoms with Gasteiger partial charge in [0.15, 0.2) is 0 Å². The van der Waals surface area contributed by atoms with Crippen molar-refractivity contribution in [1.29, 1.82) is 0 Å². The molecule has 0 amide bonds. The van der Waals surface area contributed by atoms with Gasteiger partial charge in [0.1, 0.15) is 0 Å². The predicted molar refractivity (Wildman–Crippen MR) is 40.1 cm³/mol. The lowest BCUT2D eigenvalue weighted by atomic mass is 10.0. The third kappa shape index (κ3) is 1.55. The topological polar surface area (TPSA) is 26.0 Å². The van der Waals surface area contributed by atoms with Crippen LogP contribution in [0.5, 0.6) is 0 Å². The molecular weight excluding hydrogens is 110 g/mol. The van der Waals surface area contributed by atoms with Gasteiger partial charge in [-0.1, -0.05) is 19.1 Å². The number of nitrogens with two attached hydrogens (primary N) is 1. The molecule has 1 nitrogen and oxygen atoms in total. The smallest absolute Gasteiger partial charge is 0.0279 e. The van der Waals surface area contributed by atoms with E-state index < -0.39 is 0 Å². The second-order valence-electron chi connectivity index (χ2n) is 2.88. The summed E-state index contributed by atoms with van der Waals surface area (Å²) in [5.41, 5.74) is 7.05. The Hall–Kier alpha value is -0.300. The molecule has 0 heterocycles. The van der Waals surface area contributed by atoms with E-state index in [1.54, 1.807) is 0 Å². The normalized spacial score (nSPS) is 21.6. The molecular formula is C8H15N. The van der Waals surface area contributed by atoms with Gasteiger partial charge < -0.3 is 5.73 Å². The highest BCUT2D eigenvalue weighted by Gasteiger charge is 2.29. The van der Waals surface area contributed by atoms with E-state index in [9.17, 15) is 0 Å². The van der Waals surface area contributed by atoms with Gasteiger partial charge >= 0.3 is 0 Å². The Balaban J connectivity index is 2.30. The van der Waals surface area contributed by atoms with E-state index in [-0.39, 0.29) is 0 Å². The van der Waals surface area contributed by atoms with Gasteiger partial charge in [-0.3, -0.25) is 0 Å². The summed E-state index contributed by atoms with van der Waals surface area (Å²) in [5, 5.41) is 0. The second kappa shape index (κ2) is 2.53. The molecule has 0 unspecified atom stereocenters. The van der Waals surface area contributed by atoms with E-state index in [1.165, 1.54) is 18.4 Å². The van der Waals surface area contributed by atoms with Gasteiger partial charge in [0.05, 0.1) is 0 Å². The van der Waals surface area contributed by atoms with Crippen LogP contribution in [0.3, 0.4) is 0 Å². The fourth-order valence-electron chi connectivity index (χ4n) is 1.02. The van der Waals surface area contributed by atoms with Crippen molar-refractivity contribution in [2.45, 2.75) is 32.2 Å². The van der Waals surface area contributed by atoms with Crippen LogP contribution >= 0.6 is 0 Å². The maximum atomic E-state index is 5.83. The fraction of sp³-hybridized carbons (Fsp3) is 0.750. The third-order valence-electron chi connectivity index (χ3n) is 2.06. The van der Waals surface area contributed by atoms with Gasteiger partial charge in [-0.15, -0.1) is 0 Å². The minimum Gasteiger partial charge on any atom is -0.324 e. The average Bonchev–Trinajstić information content (AvgIpc) is 2.66. The third-order valence-corrected chi connectivity index (χ3v) is 2.06. The zero-order valence-corrected chi connectivity index (χ0v) is 6.06. The summed E-state index contributed by atoms with van der Waals surface area (Å²) in [6.07, 6.45) is 3.68. The molecule has 1 aliphatic rings. The second-order valence-corrected chi connectivity index (χ2v) is 2.88. The lowest BCUT2D eigenvalue weighted by Crippen LogP contribution is -2.23. The first-order valence-corrected chi connectivity index (χ1v) is 3.69. The number of rotatable bonds is 3. The molecule has 0 aromatic carbocycles. The summed E-state index contributed by atoms with van der Waals surface area (Å²) in [5.74, 6) is 0.775. The summed E-state index contributed by atoms with van der Waals surface area (Å²) in [7, 11) is 0. The molecule has 1 rings (SSSR count). The van der Waals surface area contributed by atoms with E-state index in [2.05, 4.69) is 13.5 Å². The maximum absolute atomic E-state index is 5.83. The summed E-state index contributed by atoms with van der Waals surface area (Å²) in [4.78, 5) is 0. The Bertz CT molecular complexity index is 114. The van der Waals surface area contributed by atoms with Crippen molar-refractivity contribution in [2.24, 2.45) is 11.7 Å². The molecule has 52 valence electrons. The molecule has 1 saturated carbocycles. The van der Waals surface area contributed by atoms with Crippen LogP contribution in [0, 0.1) is 5.92 Å². The number of hydrogen-bond acceptors (Lipinski definition) is 1. The van der Waals surface area contributed by atoms with E-state index in [0.29, 0.717) is 6.04 Å². The van der Waals surface area contributed by atoms with Crippen LogP contribution in [-0.4, -0.2) is 6.04 Å². The molecule has 1 atom stereocenters. The minimum absolute atomic E-state index is 0.301. The van der Waals surface area contributed by atoms with E-state index >= 15 is 0 Å². The first kappa shape index (κ1) is 6.81. The van der Waals surface area contributed by atoms with Gasteiger partial charge in [0, 0.05) is 6.04 Å². The molecule has 0 spiro atoms. The SMILES string of the molecule is C=C(CC)[C@H](N)C1CC1. The molecule has 0 aromatic heterocycles. The van der Waals surface area contributed by atoms with Crippen LogP contribution in [0.25, 0.3) is 0 Å². The van der Waals surface area contributed by atoms with Crippen LogP contribution in [0.2, 0.25) is 0 Å². The molecule has 0 radical (unpaired) electrons. The van der Waals surface area contributed by atoms with Crippen molar-refractivity contribution < 1.29 is 0 Å². The lowest BCUT2D eigenvalue weighted by molar-refractivity contribution is 0.657. The van der Waals surface area contributed by atoms with Gasteiger partial charge in [0.2, 0.25) is 0 Å². The molecule has 0 saturated heterocycles. The van der Waals surface area contributed by atoms with Gasteiger partial charge in [-0.25, -0.2) is 0 Å². The molecule has 1 aliphatic carbocycles. The Morgan fingerprint density at radius 2 is 2.33 bits per heavy atom. The van der Waals surface area contributed by atoms with Gasteiger partial charge in [0.25, 0.3) is 0 Å². The van der Waals surface area contributed by atoms with Crippen LogP contribution in [-0.2, 0) is 0 Å². The average molecular weight is 125 g/mol. The van der Waals surface area contributed by atoms with Crippen molar-refractivity contribution >= 4 is 0 Å². The fourth-order valence-corrected chi connectivity index (χ4v) is 1.02. The van der Waals surface area contributed by atoms with Crippen molar-refractivity contribution in [3.8, 4) is 0 Å². The molecule has 0 bridgehead atoms. The minimum atomic E-state index is 0.301. The largest absolute Gasteiger partial charge is 0.324 e. The lowest BCUT2D eigenvalue weighted by Gasteiger charge is -2.10. The summed E-state index contributed by atoms with van der Waals surface area (Å²) >= 11 is 0. The van der Waals surface area contributed by atoms with E-state index in [4.69, 9.17) is 5.73 Å². The molecule has 0 aromatic rings. The van der Waals surface area contributed by atoms with Crippen molar-refractivity contribution in [3.05, 3.63) is 12.2 Å². The summed E-state index contributed by atoms with van der Waals surface area (Å²) in [6.45, 7) is 6.02.